The number of carbonyl (C=O) groups is 1. The van der Waals surface area contributed by atoms with Gasteiger partial charge < -0.3 is 10.4 Å². The second kappa shape index (κ2) is 6.58. The summed E-state index contributed by atoms with van der Waals surface area (Å²) in [5.74, 6) is 0.424. The van der Waals surface area contributed by atoms with E-state index in [1.165, 1.54) is 5.56 Å². The normalized spacial score (nSPS) is 23.3. The van der Waals surface area contributed by atoms with E-state index in [1.54, 1.807) is 0 Å². The maximum Gasteiger partial charge on any atom is 0.238 e. The van der Waals surface area contributed by atoms with Crippen LogP contribution in [0.25, 0.3) is 0 Å². The van der Waals surface area contributed by atoms with Gasteiger partial charge in [-0.15, -0.1) is 0 Å². The maximum atomic E-state index is 12.1. The molecule has 1 aliphatic heterocycles. The summed E-state index contributed by atoms with van der Waals surface area (Å²) in [6.45, 7) is 7.88. The van der Waals surface area contributed by atoms with Gasteiger partial charge in [-0.1, -0.05) is 26.0 Å². The smallest absolute Gasteiger partial charge is 0.238 e. The highest BCUT2D eigenvalue weighted by molar-refractivity contribution is 5.92. The molecule has 4 nitrogen and oxygen atoms in total. The van der Waals surface area contributed by atoms with Crippen LogP contribution < -0.4 is 5.32 Å². The van der Waals surface area contributed by atoms with Crippen molar-refractivity contribution in [3.05, 3.63) is 29.8 Å². The minimum Gasteiger partial charge on any atom is -0.389 e. The van der Waals surface area contributed by atoms with Crippen molar-refractivity contribution in [2.24, 2.45) is 0 Å². The molecule has 0 radical (unpaired) electrons. The monoisotopic (exact) mass is 290 g/mol. The van der Waals surface area contributed by atoms with Crippen LogP contribution in [0.5, 0.6) is 0 Å². The van der Waals surface area contributed by atoms with Crippen LogP contribution >= 0.6 is 0 Å². The molecule has 0 saturated carbocycles. The van der Waals surface area contributed by atoms with Crippen molar-refractivity contribution < 1.29 is 9.90 Å². The van der Waals surface area contributed by atoms with Crippen LogP contribution in [0.1, 0.15) is 45.1 Å². The lowest BCUT2D eigenvalue weighted by Crippen LogP contribution is -2.48. The zero-order valence-electron chi connectivity index (χ0n) is 13.2. The highest BCUT2D eigenvalue weighted by Crippen LogP contribution is 2.21. The molecule has 0 spiro atoms. The molecule has 0 bridgehead atoms. The van der Waals surface area contributed by atoms with Gasteiger partial charge in [0.05, 0.1) is 12.1 Å². The van der Waals surface area contributed by atoms with Gasteiger partial charge in [0.1, 0.15) is 0 Å². The van der Waals surface area contributed by atoms with Crippen LogP contribution in [0.3, 0.4) is 0 Å². The molecule has 2 N–H and O–H groups in total. The summed E-state index contributed by atoms with van der Waals surface area (Å²) in [5.41, 5.74) is 1.39. The van der Waals surface area contributed by atoms with E-state index in [4.69, 9.17) is 0 Å². The average Bonchev–Trinajstić information content (AvgIpc) is 2.37. The molecule has 1 atom stereocenters. The molecule has 1 saturated heterocycles. The van der Waals surface area contributed by atoms with Gasteiger partial charge >= 0.3 is 0 Å². The summed E-state index contributed by atoms with van der Waals surface area (Å²) < 4.78 is 0. The molecular formula is C17H26N2O2. The van der Waals surface area contributed by atoms with Crippen molar-refractivity contribution in [3.8, 4) is 0 Å². The number of piperidine rings is 1. The van der Waals surface area contributed by atoms with Crippen molar-refractivity contribution in [3.63, 3.8) is 0 Å². The number of nitrogens with one attached hydrogen (secondary N) is 1. The Kier molecular flexibility index (Phi) is 5.01. The number of hydrogen-bond acceptors (Lipinski definition) is 3. The van der Waals surface area contributed by atoms with Crippen molar-refractivity contribution >= 4 is 11.6 Å². The predicted octanol–water partition coefficient (Wildman–Crippen LogP) is 2.60. The first-order valence-electron chi connectivity index (χ1n) is 7.70. The van der Waals surface area contributed by atoms with Gasteiger partial charge in [0, 0.05) is 12.2 Å². The number of aliphatic hydroxyl groups is 1. The lowest BCUT2D eigenvalue weighted by atomic mass is 9.95. The van der Waals surface area contributed by atoms with E-state index in [1.807, 2.05) is 30.0 Å². The first-order valence-corrected chi connectivity index (χ1v) is 7.70. The molecular weight excluding hydrogens is 264 g/mol. The number of carbonyl (C=O) groups excluding carboxylic acids is 1. The van der Waals surface area contributed by atoms with Gasteiger partial charge in [-0.25, -0.2) is 0 Å². The number of anilines is 1. The van der Waals surface area contributed by atoms with Gasteiger partial charge in [-0.3, -0.25) is 9.69 Å². The van der Waals surface area contributed by atoms with E-state index in [9.17, 15) is 9.90 Å². The molecule has 116 valence electrons. The summed E-state index contributed by atoms with van der Waals surface area (Å²) >= 11 is 0. The van der Waals surface area contributed by atoms with Gasteiger partial charge in [-0.05, 0) is 49.9 Å². The number of benzene rings is 1. The summed E-state index contributed by atoms with van der Waals surface area (Å²) in [7, 11) is 0. The van der Waals surface area contributed by atoms with Crippen molar-refractivity contribution in [2.75, 3.05) is 25.0 Å². The number of likely N-dealkylation sites (tertiary alicyclic amines) is 1. The number of rotatable bonds is 4. The number of hydrogen-bond donors (Lipinski definition) is 2. The van der Waals surface area contributed by atoms with Gasteiger partial charge in [0.15, 0.2) is 0 Å². The molecule has 2 rings (SSSR count). The standard InChI is InChI=1S/C17H26N2O2/c1-13(2)14-6-4-7-15(10-14)18-16(20)11-19-9-5-8-17(3,21)12-19/h4,6-7,10,13,21H,5,8-9,11-12H2,1-3H3,(H,18,20). The van der Waals surface area contributed by atoms with E-state index in [2.05, 4.69) is 25.2 Å². The van der Waals surface area contributed by atoms with Gasteiger partial charge in [0.2, 0.25) is 5.91 Å². The minimum absolute atomic E-state index is 0.0198. The van der Waals surface area contributed by atoms with Crippen LogP contribution in [0, 0.1) is 0 Å². The zero-order valence-corrected chi connectivity index (χ0v) is 13.2. The molecule has 1 aromatic rings. The van der Waals surface area contributed by atoms with E-state index in [-0.39, 0.29) is 5.91 Å². The number of nitrogens with zero attached hydrogens (tertiary/aromatic N) is 1. The van der Waals surface area contributed by atoms with Crippen LogP contribution in [0.2, 0.25) is 0 Å². The van der Waals surface area contributed by atoms with E-state index in [0.717, 1.165) is 25.1 Å². The first-order chi connectivity index (χ1) is 9.85. The highest BCUT2D eigenvalue weighted by atomic mass is 16.3. The summed E-state index contributed by atoms with van der Waals surface area (Å²) in [6.07, 6.45) is 1.74. The predicted molar refractivity (Wildman–Crippen MR) is 85.5 cm³/mol. The van der Waals surface area contributed by atoms with Gasteiger partial charge in [-0.2, -0.15) is 0 Å². The quantitative estimate of drug-likeness (QED) is 0.896. The Morgan fingerprint density at radius 1 is 1.48 bits per heavy atom. The maximum absolute atomic E-state index is 12.1. The fraction of sp³-hybridized carbons (Fsp3) is 0.588. The summed E-state index contributed by atoms with van der Waals surface area (Å²) in [5, 5.41) is 13.0. The van der Waals surface area contributed by atoms with E-state index >= 15 is 0 Å². The van der Waals surface area contributed by atoms with Gasteiger partial charge in [0.25, 0.3) is 0 Å². The molecule has 1 unspecified atom stereocenters. The van der Waals surface area contributed by atoms with Crippen molar-refractivity contribution in [2.45, 2.75) is 45.1 Å². The second-order valence-corrected chi connectivity index (χ2v) is 6.64. The lowest BCUT2D eigenvalue weighted by Gasteiger charge is -2.36. The fourth-order valence-electron chi connectivity index (χ4n) is 2.84. The summed E-state index contributed by atoms with van der Waals surface area (Å²) in [4.78, 5) is 14.2. The Morgan fingerprint density at radius 2 is 2.24 bits per heavy atom. The Balaban J connectivity index is 1.91. The Hall–Kier alpha value is -1.39. The van der Waals surface area contributed by atoms with Crippen molar-refractivity contribution in [1.29, 1.82) is 0 Å². The largest absolute Gasteiger partial charge is 0.389 e. The molecule has 1 fully saturated rings. The van der Waals surface area contributed by atoms with E-state index < -0.39 is 5.60 Å². The molecule has 1 aliphatic rings. The minimum atomic E-state index is -0.671. The molecule has 0 aliphatic carbocycles. The SMILES string of the molecule is CC(C)c1cccc(NC(=O)CN2CCCC(C)(O)C2)c1. The third-order valence-electron chi connectivity index (χ3n) is 3.96. The third-order valence-corrected chi connectivity index (χ3v) is 3.96. The number of amides is 1. The van der Waals surface area contributed by atoms with E-state index in [0.29, 0.717) is 19.0 Å². The van der Waals surface area contributed by atoms with Crippen LogP contribution in [-0.4, -0.2) is 41.1 Å². The Labute approximate surface area is 127 Å². The average molecular weight is 290 g/mol. The molecule has 1 heterocycles. The Morgan fingerprint density at radius 3 is 2.90 bits per heavy atom. The topological polar surface area (TPSA) is 52.6 Å². The third kappa shape index (κ3) is 4.83. The first kappa shape index (κ1) is 16.0. The second-order valence-electron chi connectivity index (χ2n) is 6.64. The zero-order chi connectivity index (χ0) is 15.5. The lowest BCUT2D eigenvalue weighted by molar-refractivity contribution is -0.118. The molecule has 4 heteroatoms. The van der Waals surface area contributed by atoms with Crippen LogP contribution in [0.15, 0.2) is 24.3 Å². The molecule has 21 heavy (non-hydrogen) atoms. The Bertz CT molecular complexity index is 497. The summed E-state index contributed by atoms with van der Waals surface area (Å²) in [6, 6.07) is 7.98. The fourth-order valence-corrected chi connectivity index (χ4v) is 2.84. The molecule has 1 amide bonds. The van der Waals surface area contributed by atoms with Crippen molar-refractivity contribution in [1.82, 2.24) is 4.90 Å². The number of β-amino-alcohol motifs (C(OH)–C–C–N with tert-alkyl or cyclic N) is 1. The highest BCUT2D eigenvalue weighted by Gasteiger charge is 2.29. The molecule has 1 aromatic carbocycles. The van der Waals surface area contributed by atoms with Crippen LogP contribution in [-0.2, 0) is 4.79 Å². The van der Waals surface area contributed by atoms with Crippen LogP contribution in [0.4, 0.5) is 5.69 Å². The molecule has 0 aromatic heterocycles.